The number of rotatable bonds is 5. The van der Waals surface area contributed by atoms with Gasteiger partial charge < -0.3 is 15.0 Å². The molecule has 2 fully saturated rings. The maximum Gasteiger partial charge on any atom is 0.309 e. The van der Waals surface area contributed by atoms with Gasteiger partial charge in [0.1, 0.15) is 0 Å². The zero-order valence-electron chi connectivity index (χ0n) is 13.2. The van der Waals surface area contributed by atoms with E-state index < -0.39 is 0 Å². The third-order valence-electron chi connectivity index (χ3n) is 4.21. The van der Waals surface area contributed by atoms with E-state index in [1.165, 1.54) is 6.42 Å². The molecule has 2 aliphatic rings. The quantitative estimate of drug-likeness (QED) is 0.363. The van der Waals surface area contributed by atoms with Crippen LogP contribution in [0.5, 0.6) is 0 Å². The molecule has 1 N–H and O–H groups in total. The number of nitrogens with zero attached hydrogens (tertiary/aromatic N) is 2. The minimum atomic E-state index is -0.0505. The van der Waals surface area contributed by atoms with Crippen LogP contribution in [-0.2, 0) is 9.53 Å². The normalized spacial score (nSPS) is 26.4. The van der Waals surface area contributed by atoms with Crippen molar-refractivity contribution in [2.45, 2.75) is 39.2 Å². The Morgan fingerprint density at radius 3 is 2.67 bits per heavy atom. The first kappa shape index (κ1) is 15.9. The fourth-order valence-corrected chi connectivity index (χ4v) is 2.66. The van der Waals surface area contributed by atoms with Crippen molar-refractivity contribution in [3.8, 4) is 0 Å². The highest BCUT2D eigenvalue weighted by molar-refractivity contribution is 5.81. The molecule has 1 aliphatic heterocycles. The van der Waals surface area contributed by atoms with E-state index in [2.05, 4.69) is 28.7 Å². The van der Waals surface area contributed by atoms with Gasteiger partial charge in [0, 0.05) is 19.1 Å². The van der Waals surface area contributed by atoms with Gasteiger partial charge in [0.15, 0.2) is 5.96 Å². The number of aliphatic imine (C=N–C) groups is 1. The van der Waals surface area contributed by atoms with Gasteiger partial charge in [-0.2, -0.15) is 0 Å². The van der Waals surface area contributed by atoms with Crippen molar-refractivity contribution >= 4 is 11.9 Å². The minimum absolute atomic E-state index is 0.0432. The predicted octanol–water partition coefficient (Wildman–Crippen LogP) is 1.80. The van der Waals surface area contributed by atoms with Crippen LogP contribution < -0.4 is 5.32 Å². The van der Waals surface area contributed by atoms with Crippen molar-refractivity contribution in [2.24, 2.45) is 16.8 Å². The molecule has 2 rings (SSSR count). The Bertz CT molecular complexity index is 400. The first-order valence-corrected chi connectivity index (χ1v) is 7.99. The van der Waals surface area contributed by atoms with Gasteiger partial charge >= 0.3 is 5.97 Å². The van der Waals surface area contributed by atoms with E-state index in [0.717, 1.165) is 37.8 Å². The fraction of sp³-hybridized carbons (Fsp3) is 0.750. The fourth-order valence-electron chi connectivity index (χ4n) is 2.66. The van der Waals surface area contributed by atoms with Gasteiger partial charge in [0.05, 0.1) is 19.1 Å². The van der Waals surface area contributed by atoms with E-state index in [0.29, 0.717) is 19.2 Å². The molecule has 0 bridgehead atoms. The molecule has 0 aromatic carbocycles. The van der Waals surface area contributed by atoms with Crippen molar-refractivity contribution in [3.63, 3.8) is 0 Å². The lowest BCUT2D eigenvalue weighted by atomic mass is 9.97. The molecular weight excluding hydrogens is 266 g/mol. The number of carbonyl (C=O) groups excluding carboxylic acids is 1. The van der Waals surface area contributed by atoms with Crippen LogP contribution in [0, 0.1) is 11.8 Å². The van der Waals surface area contributed by atoms with E-state index >= 15 is 0 Å². The summed E-state index contributed by atoms with van der Waals surface area (Å²) in [4.78, 5) is 18.6. The Hall–Kier alpha value is -1.52. The molecular formula is C16H27N3O2. The molecule has 2 atom stereocenters. The van der Waals surface area contributed by atoms with Crippen LogP contribution in [0.25, 0.3) is 0 Å². The van der Waals surface area contributed by atoms with Gasteiger partial charge in [-0.1, -0.05) is 13.0 Å². The molecule has 1 saturated heterocycles. The Balaban J connectivity index is 1.87. The molecule has 0 spiro atoms. The number of hydrogen-bond acceptors (Lipinski definition) is 3. The summed E-state index contributed by atoms with van der Waals surface area (Å²) in [5, 5.41) is 3.53. The van der Waals surface area contributed by atoms with Gasteiger partial charge in [-0.3, -0.25) is 4.79 Å². The van der Waals surface area contributed by atoms with Crippen molar-refractivity contribution in [1.29, 1.82) is 0 Å². The Labute approximate surface area is 127 Å². The molecule has 5 heteroatoms. The number of likely N-dealkylation sites (tertiary alicyclic amines) is 1. The van der Waals surface area contributed by atoms with Crippen LogP contribution in [0.2, 0.25) is 0 Å². The van der Waals surface area contributed by atoms with E-state index in [1.54, 1.807) is 0 Å². The molecule has 1 heterocycles. The smallest absolute Gasteiger partial charge is 0.309 e. The summed E-state index contributed by atoms with van der Waals surface area (Å²) in [7, 11) is 0. The number of nitrogens with one attached hydrogen (secondary N) is 1. The SMILES string of the molecule is C=CCN=C(NC1CC1C)N1CCC(C(=O)OCC)CC1. The van der Waals surface area contributed by atoms with Gasteiger partial charge in [0.2, 0.25) is 0 Å². The van der Waals surface area contributed by atoms with E-state index in [9.17, 15) is 4.79 Å². The van der Waals surface area contributed by atoms with Gasteiger partial charge in [-0.15, -0.1) is 6.58 Å². The van der Waals surface area contributed by atoms with Crippen LogP contribution in [-0.4, -0.2) is 49.1 Å². The maximum atomic E-state index is 11.8. The predicted molar refractivity (Wildman–Crippen MR) is 84.1 cm³/mol. The summed E-state index contributed by atoms with van der Waals surface area (Å²) in [5.41, 5.74) is 0. The monoisotopic (exact) mass is 293 g/mol. The maximum absolute atomic E-state index is 11.8. The van der Waals surface area contributed by atoms with Crippen LogP contribution in [0.15, 0.2) is 17.6 Å². The van der Waals surface area contributed by atoms with Gasteiger partial charge in [-0.05, 0) is 32.1 Å². The summed E-state index contributed by atoms with van der Waals surface area (Å²) in [6.07, 6.45) is 4.71. The van der Waals surface area contributed by atoms with Crippen LogP contribution >= 0.6 is 0 Å². The molecule has 2 unspecified atom stereocenters. The van der Waals surface area contributed by atoms with Crippen LogP contribution in [0.4, 0.5) is 0 Å². The van der Waals surface area contributed by atoms with Crippen molar-refractivity contribution in [2.75, 3.05) is 26.2 Å². The number of ether oxygens (including phenoxy) is 1. The van der Waals surface area contributed by atoms with E-state index in [-0.39, 0.29) is 11.9 Å². The number of carbonyl (C=O) groups is 1. The van der Waals surface area contributed by atoms with E-state index in [1.807, 2.05) is 13.0 Å². The van der Waals surface area contributed by atoms with Crippen LogP contribution in [0.3, 0.4) is 0 Å². The van der Waals surface area contributed by atoms with Crippen LogP contribution in [0.1, 0.15) is 33.1 Å². The van der Waals surface area contributed by atoms with Crippen molar-refractivity contribution < 1.29 is 9.53 Å². The molecule has 21 heavy (non-hydrogen) atoms. The second-order valence-electron chi connectivity index (χ2n) is 5.93. The highest BCUT2D eigenvalue weighted by Crippen LogP contribution is 2.29. The highest BCUT2D eigenvalue weighted by Gasteiger charge is 2.35. The zero-order valence-corrected chi connectivity index (χ0v) is 13.2. The number of esters is 1. The van der Waals surface area contributed by atoms with Crippen molar-refractivity contribution in [1.82, 2.24) is 10.2 Å². The Kier molecular flexibility index (Phi) is 5.65. The highest BCUT2D eigenvalue weighted by atomic mass is 16.5. The van der Waals surface area contributed by atoms with Gasteiger partial charge in [0.25, 0.3) is 0 Å². The molecule has 5 nitrogen and oxygen atoms in total. The minimum Gasteiger partial charge on any atom is -0.466 e. The molecule has 118 valence electrons. The van der Waals surface area contributed by atoms with Gasteiger partial charge in [-0.25, -0.2) is 4.99 Å². The summed E-state index contributed by atoms with van der Waals surface area (Å²) in [6.45, 7) is 10.6. The molecule has 0 amide bonds. The summed E-state index contributed by atoms with van der Waals surface area (Å²) in [5.74, 6) is 1.69. The largest absolute Gasteiger partial charge is 0.466 e. The Morgan fingerprint density at radius 1 is 1.48 bits per heavy atom. The number of hydrogen-bond donors (Lipinski definition) is 1. The molecule has 1 saturated carbocycles. The Morgan fingerprint density at radius 2 is 2.14 bits per heavy atom. The second kappa shape index (κ2) is 7.48. The molecule has 0 aromatic heterocycles. The molecule has 0 radical (unpaired) electrons. The molecule has 0 aromatic rings. The van der Waals surface area contributed by atoms with E-state index in [4.69, 9.17) is 4.74 Å². The molecule has 1 aliphatic carbocycles. The second-order valence-corrected chi connectivity index (χ2v) is 5.93. The lowest BCUT2D eigenvalue weighted by Gasteiger charge is -2.33. The average Bonchev–Trinajstić information content (AvgIpc) is 3.19. The summed E-state index contributed by atoms with van der Waals surface area (Å²) >= 11 is 0. The summed E-state index contributed by atoms with van der Waals surface area (Å²) < 4.78 is 5.11. The first-order chi connectivity index (χ1) is 10.2. The summed E-state index contributed by atoms with van der Waals surface area (Å²) in [6, 6.07) is 0.552. The third kappa shape index (κ3) is 4.48. The number of piperidine rings is 1. The third-order valence-corrected chi connectivity index (χ3v) is 4.21. The lowest BCUT2D eigenvalue weighted by Crippen LogP contribution is -2.47. The average molecular weight is 293 g/mol. The number of guanidine groups is 1. The van der Waals surface area contributed by atoms with Crippen molar-refractivity contribution in [3.05, 3.63) is 12.7 Å². The lowest BCUT2D eigenvalue weighted by molar-refractivity contribution is -0.149. The topological polar surface area (TPSA) is 53.9 Å². The zero-order chi connectivity index (χ0) is 15.2. The standard InChI is InChI=1S/C16H27N3O2/c1-4-8-17-16(18-14-11-12(14)3)19-9-6-13(7-10-19)15(20)21-5-2/h4,12-14H,1,5-11H2,2-3H3,(H,17,18). The first-order valence-electron chi connectivity index (χ1n) is 7.99.